The van der Waals surface area contributed by atoms with Gasteiger partial charge in [-0.15, -0.1) is 0 Å². The van der Waals surface area contributed by atoms with E-state index in [9.17, 15) is 19.3 Å². The van der Waals surface area contributed by atoms with Crippen molar-refractivity contribution in [1.29, 1.82) is 0 Å². The molecule has 0 atom stereocenters. The first-order valence-corrected chi connectivity index (χ1v) is 8.73. The quantitative estimate of drug-likeness (QED) is 0.385. The molecule has 1 heterocycles. The number of hydrogen-bond acceptors (Lipinski definition) is 4. The molecule has 0 bridgehead atoms. The van der Waals surface area contributed by atoms with E-state index in [0.717, 1.165) is 28.7 Å². The summed E-state index contributed by atoms with van der Waals surface area (Å²) in [5, 5.41) is 13.6. The van der Waals surface area contributed by atoms with E-state index in [1.54, 1.807) is 24.3 Å². The van der Waals surface area contributed by atoms with Crippen molar-refractivity contribution in [2.75, 3.05) is 5.32 Å². The average molecular weight is 390 g/mol. The van der Waals surface area contributed by atoms with Gasteiger partial charge in [0.15, 0.2) is 0 Å². The Hall–Kier alpha value is -4.07. The third kappa shape index (κ3) is 3.55. The van der Waals surface area contributed by atoms with Crippen LogP contribution in [0.1, 0.15) is 15.9 Å². The predicted octanol–water partition coefficient (Wildman–Crippen LogP) is 4.84. The largest absolute Gasteiger partial charge is 0.338 e. The molecule has 0 aliphatic rings. The molecule has 0 unspecified atom stereocenters. The molecule has 3 aromatic carbocycles. The number of imidazole rings is 1. The van der Waals surface area contributed by atoms with Gasteiger partial charge in [-0.3, -0.25) is 14.9 Å². The number of aryl methyl sites for hydroxylation is 1. The molecule has 8 heteroatoms. The standard InChI is InChI=1S/C21H15FN4O3/c1-12-10-16(22)19(26(28)29)11-15(12)21(27)23-14-8-6-13(7-9-14)20-24-17-4-2-3-5-18(17)25-20/h2-11H,1H3,(H,23,27)(H,24,25). The first kappa shape index (κ1) is 18.3. The molecule has 0 fully saturated rings. The summed E-state index contributed by atoms with van der Waals surface area (Å²) in [6.45, 7) is 1.52. The van der Waals surface area contributed by atoms with E-state index in [1.807, 2.05) is 24.3 Å². The lowest BCUT2D eigenvalue weighted by Gasteiger charge is -2.08. The zero-order valence-electron chi connectivity index (χ0n) is 15.3. The number of benzene rings is 3. The normalized spacial score (nSPS) is 10.8. The predicted molar refractivity (Wildman–Crippen MR) is 107 cm³/mol. The molecular formula is C21H15FN4O3. The first-order chi connectivity index (χ1) is 13.9. The highest BCUT2D eigenvalue weighted by molar-refractivity contribution is 6.05. The number of aromatic amines is 1. The van der Waals surface area contributed by atoms with E-state index in [1.165, 1.54) is 6.92 Å². The molecule has 0 saturated carbocycles. The van der Waals surface area contributed by atoms with E-state index < -0.39 is 22.3 Å². The van der Waals surface area contributed by atoms with Crippen LogP contribution in [0, 0.1) is 22.9 Å². The van der Waals surface area contributed by atoms with Gasteiger partial charge >= 0.3 is 5.69 Å². The highest BCUT2D eigenvalue weighted by Crippen LogP contribution is 2.25. The zero-order valence-corrected chi connectivity index (χ0v) is 15.3. The van der Waals surface area contributed by atoms with Crippen molar-refractivity contribution < 1.29 is 14.1 Å². The molecule has 0 aliphatic heterocycles. The van der Waals surface area contributed by atoms with Gasteiger partial charge < -0.3 is 10.3 Å². The number of nitrogens with zero attached hydrogens (tertiary/aromatic N) is 2. The maximum atomic E-state index is 13.7. The van der Waals surface area contributed by atoms with Crippen molar-refractivity contribution in [3.63, 3.8) is 0 Å². The second kappa shape index (κ2) is 7.16. The monoisotopic (exact) mass is 390 g/mol. The van der Waals surface area contributed by atoms with Gasteiger partial charge in [-0.25, -0.2) is 4.98 Å². The maximum absolute atomic E-state index is 13.7. The summed E-state index contributed by atoms with van der Waals surface area (Å²) in [6.07, 6.45) is 0. The SMILES string of the molecule is Cc1cc(F)c([N+](=O)[O-])cc1C(=O)Nc1ccc(-c2nc3ccccc3[nH]2)cc1. The highest BCUT2D eigenvalue weighted by atomic mass is 19.1. The van der Waals surface area contributed by atoms with Crippen LogP contribution in [0.5, 0.6) is 0 Å². The second-order valence-electron chi connectivity index (χ2n) is 6.51. The minimum absolute atomic E-state index is 0.0412. The molecule has 144 valence electrons. The average Bonchev–Trinajstić information content (AvgIpc) is 3.12. The van der Waals surface area contributed by atoms with Crippen LogP contribution in [0.2, 0.25) is 0 Å². The van der Waals surface area contributed by atoms with E-state index in [2.05, 4.69) is 15.3 Å². The molecule has 4 rings (SSSR count). The van der Waals surface area contributed by atoms with Crippen molar-refractivity contribution >= 4 is 28.3 Å². The molecule has 29 heavy (non-hydrogen) atoms. The number of nitro groups is 1. The molecule has 2 N–H and O–H groups in total. The van der Waals surface area contributed by atoms with Crippen molar-refractivity contribution in [3.8, 4) is 11.4 Å². The van der Waals surface area contributed by atoms with Crippen LogP contribution in [0.4, 0.5) is 15.8 Å². The van der Waals surface area contributed by atoms with Gasteiger partial charge in [-0.1, -0.05) is 12.1 Å². The van der Waals surface area contributed by atoms with Crippen LogP contribution in [-0.2, 0) is 0 Å². The summed E-state index contributed by atoms with van der Waals surface area (Å²) in [5.41, 5.74) is 2.74. The van der Waals surface area contributed by atoms with Gasteiger partial charge in [-0.05, 0) is 55.0 Å². The number of aromatic nitrogens is 2. The third-order valence-electron chi connectivity index (χ3n) is 4.54. The van der Waals surface area contributed by atoms with Crippen molar-refractivity contribution in [3.05, 3.63) is 87.7 Å². The molecule has 4 aromatic rings. The van der Waals surface area contributed by atoms with Crippen LogP contribution < -0.4 is 5.32 Å². The molecule has 0 spiro atoms. The van der Waals surface area contributed by atoms with E-state index in [0.29, 0.717) is 17.1 Å². The number of fused-ring (bicyclic) bond motifs is 1. The van der Waals surface area contributed by atoms with E-state index in [-0.39, 0.29) is 5.56 Å². The van der Waals surface area contributed by atoms with Gasteiger partial charge in [0.05, 0.1) is 16.0 Å². The number of amides is 1. The number of H-pyrrole nitrogens is 1. The number of para-hydroxylation sites is 2. The Morgan fingerprint density at radius 3 is 2.55 bits per heavy atom. The molecule has 7 nitrogen and oxygen atoms in total. The van der Waals surface area contributed by atoms with Crippen LogP contribution >= 0.6 is 0 Å². The summed E-state index contributed by atoms with van der Waals surface area (Å²) >= 11 is 0. The van der Waals surface area contributed by atoms with Gasteiger partial charge in [-0.2, -0.15) is 4.39 Å². The number of hydrogen-bond donors (Lipinski definition) is 2. The summed E-state index contributed by atoms with van der Waals surface area (Å²) in [6, 6.07) is 16.6. The Bertz CT molecular complexity index is 1220. The Labute approximate surface area is 164 Å². The molecule has 1 aromatic heterocycles. The zero-order chi connectivity index (χ0) is 20.5. The van der Waals surface area contributed by atoms with Crippen LogP contribution in [0.25, 0.3) is 22.4 Å². The lowest BCUT2D eigenvalue weighted by Crippen LogP contribution is -2.14. The number of anilines is 1. The number of nitrogens with one attached hydrogen (secondary N) is 2. The van der Waals surface area contributed by atoms with E-state index >= 15 is 0 Å². The van der Waals surface area contributed by atoms with Crippen LogP contribution in [0.3, 0.4) is 0 Å². The fourth-order valence-corrected chi connectivity index (χ4v) is 3.05. The van der Waals surface area contributed by atoms with Crippen molar-refractivity contribution in [2.24, 2.45) is 0 Å². The van der Waals surface area contributed by atoms with Crippen molar-refractivity contribution in [2.45, 2.75) is 6.92 Å². The Kier molecular flexibility index (Phi) is 4.52. The minimum atomic E-state index is -0.973. The number of nitro benzene ring substituents is 1. The topological polar surface area (TPSA) is 101 Å². The third-order valence-corrected chi connectivity index (χ3v) is 4.54. The van der Waals surface area contributed by atoms with Crippen LogP contribution in [-0.4, -0.2) is 20.8 Å². The lowest BCUT2D eigenvalue weighted by molar-refractivity contribution is -0.387. The molecule has 1 amide bonds. The molecule has 0 aliphatic carbocycles. The fraction of sp³-hybridized carbons (Fsp3) is 0.0476. The van der Waals surface area contributed by atoms with Crippen molar-refractivity contribution in [1.82, 2.24) is 9.97 Å². The highest BCUT2D eigenvalue weighted by Gasteiger charge is 2.20. The first-order valence-electron chi connectivity index (χ1n) is 8.73. The fourth-order valence-electron chi connectivity index (χ4n) is 3.05. The summed E-state index contributed by atoms with van der Waals surface area (Å²) in [4.78, 5) is 30.3. The van der Waals surface area contributed by atoms with Gasteiger partial charge in [0.25, 0.3) is 5.91 Å². The smallest absolute Gasteiger partial charge is 0.305 e. The summed E-state index contributed by atoms with van der Waals surface area (Å²) < 4.78 is 13.7. The maximum Gasteiger partial charge on any atom is 0.305 e. The molecule has 0 saturated heterocycles. The number of carbonyl (C=O) groups is 1. The number of rotatable bonds is 4. The lowest BCUT2D eigenvalue weighted by atomic mass is 10.1. The summed E-state index contributed by atoms with van der Waals surface area (Å²) in [5.74, 6) is -0.824. The van der Waals surface area contributed by atoms with Crippen LogP contribution in [0.15, 0.2) is 60.7 Å². The number of halogens is 1. The van der Waals surface area contributed by atoms with Gasteiger partial charge in [0.2, 0.25) is 5.82 Å². The molecular weight excluding hydrogens is 375 g/mol. The van der Waals surface area contributed by atoms with Gasteiger partial charge in [0.1, 0.15) is 5.82 Å². The minimum Gasteiger partial charge on any atom is -0.338 e. The van der Waals surface area contributed by atoms with Gasteiger partial charge in [0, 0.05) is 22.9 Å². The second-order valence-corrected chi connectivity index (χ2v) is 6.51. The number of carbonyl (C=O) groups excluding carboxylic acids is 1. The molecule has 0 radical (unpaired) electrons. The Balaban J connectivity index is 1.56. The summed E-state index contributed by atoms with van der Waals surface area (Å²) in [7, 11) is 0. The Morgan fingerprint density at radius 1 is 1.14 bits per heavy atom. The van der Waals surface area contributed by atoms with E-state index in [4.69, 9.17) is 0 Å². The Morgan fingerprint density at radius 2 is 1.86 bits per heavy atom.